The van der Waals surface area contributed by atoms with Crippen molar-refractivity contribution < 1.29 is 0 Å². The smallest absolute Gasteiger partial charge is 0.176 e. The summed E-state index contributed by atoms with van der Waals surface area (Å²) in [5, 5.41) is 12.1. The highest BCUT2D eigenvalue weighted by molar-refractivity contribution is 5.49. The number of hydrogen-bond donors (Lipinski definition) is 3. The highest BCUT2D eigenvalue weighted by Crippen LogP contribution is 2.18. The van der Waals surface area contributed by atoms with Gasteiger partial charge in [0.1, 0.15) is 0 Å². The number of nitrogen functional groups attached to an aromatic ring is 2. The number of aryl methyl sites for hydroxylation is 1. The Hall–Kier alpha value is -2.15. The molecule has 7 heteroatoms. The van der Waals surface area contributed by atoms with Crippen LogP contribution < -0.4 is 17.0 Å². The minimum absolute atomic E-state index is 0.498. The van der Waals surface area contributed by atoms with Gasteiger partial charge < -0.3 is 11.2 Å². The molecule has 0 saturated carbocycles. The second kappa shape index (κ2) is 3.78. The number of hydrazine groups is 1. The molecular formula is C9H13N7. The van der Waals surface area contributed by atoms with Gasteiger partial charge in [-0.05, 0) is 26.0 Å². The summed E-state index contributed by atoms with van der Waals surface area (Å²) in [6, 6.07) is 3.48. The molecule has 84 valence electrons. The molecule has 0 aromatic carbocycles. The first-order chi connectivity index (χ1) is 7.63. The number of nitrogens with two attached hydrogens (primary N) is 2. The summed E-state index contributed by atoms with van der Waals surface area (Å²) in [7, 11) is 0. The minimum Gasteiger partial charge on any atom is -0.396 e. The van der Waals surface area contributed by atoms with Gasteiger partial charge in [-0.15, -0.1) is 10.2 Å². The normalized spacial score (nSPS) is 10.4. The SMILES string of the molecule is Cc1nn(-c2ccc(NN)nn2)c(C)c1N. The maximum Gasteiger partial charge on any atom is 0.176 e. The van der Waals surface area contributed by atoms with Crippen LogP contribution in [0, 0.1) is 13.8 Å². The molecule has 0 saturated heterocycles. The number of nitrogens with zero attached hydrogens (tertiary/aromatic N) is 4. The molecule has 0 radical (unpaired) electrons. The van der Waals surface area contributed by atoms with Crippen LogP contribution in [0.3, 0.4) is 0 Å². The standard InChI is InChI=1S/C9H13N7/c1-5-9(10)6(2)16(15-5)8-4-3-7(12-11)13-14-8/h3-4H,10-11H2,1-2H3,(H,12,13). The highest BCUT2D eigenvalue weighted by Gasteiger charge is 2.10. The summed E-state index contributed by atoms with van der Waals surface area (Å²) in [6.45, 7) is 3.73. The lowest BCUT2D eigenvalue weighted by molar-refractivity contribution is 0.782. The molecule has 16 heavy (non-hydrogen) atoms. The van der Waals surface area contributed by atoms with E-state index in [1.54, 1.807) is 16.8 Å². The molecule has 2 aromatic rings. The van der Waals surface area contributed by atoms with Crippen molar-refractivity contribution in [3.8, 4) is 5.82 Å². The fourth-order valence-electron chi connectivity index (χ4n) is 1.39. The van der Waals surface area contributed by atoms with Crippen molar-refractivity contribution in [2.24, 2.45) is 5.84 Å². The van der Waals surface area contributed by atoms with Gasteiger partial charge in [0.25, 0.3) is 0 Å². The molecule has 0 amide bonds. The van der Waals surface area contributed by atoms with E-state index in [2.05, 4.69) is 20.7 Å². The van der Waals surface area contributed by atoms with Gasteiger partial charge >= 0.3 is 0 Å². The second-order valence-corrected chi connectivity index (χ2v) is 3.42. The van der Waals surface area contributed by atoms with E-state index in [1.165, 1.54) is 0 Å². The Bertz CT molecular complexity index is 499. The molecule has 7 nitrogen and oxygen atoms in total. The first-order valence-electron chi connectivity index (χ1n) is 4.76. The summed E-state index contributed by atoms with van der Waals surface area (Å²) >= 11 is 0. The van der Waals surface area contributed by atoms with Crippen molar-refractivity contribution in [2.45, 2.75) is 13.8 Å². The summed E-state index contributed by atoms with van der Waals surface area (Å²) in [5.41, 5.74) is 10.5. The number of nitrogens with one attached hydrogen (secondary N) is 1. The largest absolute Gasteiger partial charge is 0.396 e. The summed E-state index contributed by atoms with van der Waals surface area (Å²) in [4.78, 5) is 0. The Labute approximate surface area is 92.4 Å². The molecule has 2 heterocycles. The molecule has 2 aromatic heterocycles. The Morgan fingerprint density at radius 2 is 2.00 bits per heavy atom. The molecule has 5 N–H and O–H groups in total. The van der Waals surface area contributed by atoms with Crippen LogP contribution in [-0.2, 0) is 0 Å². The molecule has 0 aliphatic carbocycles. The minimum atomic E-state index is 0.498. The zero-order valence-electron chi connectivity index (χ0n) is 9.10. The van der Waals surface area contributed by atoms with Gasteiger partial charge in [-0.3, -0.25) is 0 Å². The van der Waals surface area contributed by atoms with Gasteiger partial charge in [-0.1, -0.05) is 0 Å². The molecule has 0 atom stereocenters. The molecule has 0 aliphatic heterocycles. The number of rotatable bonds is 2. The lowest BCUT2D eigenvalue weighted by Gasteiger charge is -2.03. The van der Waals surface area contributed by atoms with E-state index in [9.17, 15) is 0 Å². The third kappa shape index (κ3) is 1.57. The van der Waals surface area contributed by atoms with Crippen LogP contribution in [0.1, 0.15) is 11.4 Å². The van der Waals surface area contributed by atoms with Crippen LogP contribution in [-0.4, -0.2) is 20.0 Å². The van der Waals surface area contributed by atoms with Crippen LogP contribution >= 0.6 is 0 Å². The van der Waals surface area contributed by atoms with Crippen LogP contribution in [0.15, 0.2) is 12.1 Å². The highest BCUT2D eigenvalue weighted by atomic mass is 15.4. The van der Waals surface area contributed by atoms with Gasteiger partial charge in [0.2, 0.25) is 0 Å². The molecular weight excluding hydrogens is 206 g/mol. The first kappa shape index (κ1) is 10.4. The zero-order chi connectivity index (χ0) is 11.7. The van der Waals surface area contributed by atoms with Crippen molar-refractivity contribution in [1.29, 1.82) is 0 Å². The van der Waals surface area contributed by atoms with Gasteiger partial charge in [-0.2, -0.15) is 5.10 Å². The Morgan fingerprint density at radius 3 is 2.44 bits per heavy atom. The fraction of sp³-hybridized carbons (Fsp3) is 0.222. The van der Waals surface area contributed by atoms with Gasteiger partial charge in [0.05, 0.1) is 17.1 Å². The Kier molecular flexibility index (Phi) is 2.45. The van der Waals surface area contributed by atoms with Crippen molar-refractivity contribution in [2.75, 3.05) is 11.2 Å². The van der Waals surface area contributed by atoms with E-state index >= 15 is 0 Å². The van der Waals surface area contributed by atoms with Crippen LogP contribution in [0.4, 0.5) is 11.5 Å². The zero-order valence-corrected chi connectivity index (χ0v) is 9.10. The number of hydrogen-bond acceptors (Lipinski definition) is 6. The fourth-order valence-corrected chi connectivity index (χ4v) is 1.39. The summed E-state index contributed by atoms with van der Waals surface area (Å²) in [6.07, 6.45) is 0. The molecule has 0 aliphatic rings. The van der Waals surface area contributed by atoms with Crippen molar-refractivity contribution in [3.05, 3.63) is 23.5 Å². The van der Waals surface area contributed by atoms with Gasteiger partial charge in [-0.25, -0.2) is 10.5 Å². The molecule has 2 rings (SSSR count). The van der Waals surface area contributed by atoms with Crippen molar-refractivity contribution in [1.82, 2.24) is 20.0 Å². The maximum absolute atomic E-state index is 5.83. The van der Waals surface area contributed by atoms with Crippen LogP contribution in [0.5, 0.6) is 0 Å². The quantitative estimate of drug-likeness (QED) is 0.490. The molecule has 0 unspecified atom stereocenters. The lowest BCUT2D eigenvalue weighted by Crippen LogP contribution is -2.10. The topological polar surface area (TPSA) is 108 Å². The van der Waals surface area contributed by atoms with Crippen molar-refractivity contribution >= 4 is 11.5 Å². The number of anilines is 2. The van der Waals surface area contributed by atoms with Crippen molar-refractivity contribution in [3.63, 3.8) is 0 Å². The van der Waals surface area contributed by atoms with Crippen LogP contribution in [0.25, 0.3) is 5.82 Å². The van der Waals surface area contributed by atoms with E-state index in [4.69, 9.17) is 11.6 Å². The average molecular weight is 219 g/mol. The Morgan fingerprint density at radius 1 is 1.25 bits per heavy atom. The predicted octanol–water partition coefficient (Wildman–Crippen LogP) is 0.147. The van der Waals surface area contributed by atoms with Gasteiger partial charge in [0.15, 0.2) is 11.6 Å². The van der Waals surface area contributed by atoms with Gasteiger partial charge in [0, 0.05) is 0 Å². The van der Waals surface area contributed by atoms with E-state index in [1.807, 2.05) is 13.8 Å². The summed E-state index contributed by atoms with van der Waals surface area (Å²) < 4.78 is 1.65. The Balaban J connectivity index is 2.46. The predicted molar refractivity (Wildman–Crippen MR) is 60.9 cm³/mol. The average Bonchev–Trinajstić information content (AvgIpc) is 2.57. The van der Waals surface area contributed by atoms with E-state index in [0.29, 0.717) is 17.3 Å². The molecule has 0 spiro atoms. The summed E-state index contributed by atoms with van der Waals surface area (Å²) in [5.74, 6) is 6.31. The van der Waals surface area contributed by atoms with E-state index < -0.39 is 0 Å². The van der Waals surface area contributed by atoms with E-state index in [-0.39, 0.29) is 0 Å². The third-order valence-electron chi connectivity index (χ3n) is 2.36. The second-order valence-electron chi connectivity index (χ2n) is 3.42. The number of aromatic nitrogens is 4. The lowest BCUT2D eigenvalue weighted by atomic mass is 10.3. The molecule has 0 bridgehead atoms. The van der Waals surface area contributed by atoms with E-state index in [0.717, 1.165) is 11.4 Å². The maximum atomic E-state index is 5.83. The third-order valence-corrected chi connectivity index (χ3v) is 2.36. The van der Waals surface area contributed by atoms with Crippen LogP contribution in [0.2, 0.25) is 0 Å². The first-order valence-corrected chi connectivity index (χ1v) is 4.76. The monoisotopic (exact) mass is 219 g/mol. The molecule has 0 fully saturated rings.